The summed E-state index contributed by atoms with van der Waals surface area (Å²) < 4.78 is 10.7. The largest absolute Gasteiger partial charge is 0.469 e. The van der Waals surface area contributed by atoms with Gasteiger partial charge in [-0.1, -0.05) is 0 Å². The van der Waals surface area contributed by atoms with Crippen molar-refractivity contribution in [2.75, 3.05) is 6.61 Å². The molecule has 1 aliphatic rings. The van der Waals surface area contributed by atoms with Gasteiger partial charge in [0.2, 0.25) is 0 Å². The molecule has 2 heteroatoms. The van der Waals surface area contributed by atoms with E-state index in [4.69, 9.17) is 9.15 Å². The van der Waals surface area contributed by atoms with E-state index in [1.54, 1.807) is 6.26 Å². The van der Waals surface area contributed by atoms with Gasteiger partial charge in [-0.3, -0.25) is 0 Å². The Kier molecular flexibility index (Phi) is 1.50. The first-order chi connectivity index (χ1) is 5.29. The van der Waals surface area contributed by atoms with Crippen molar-refractivity contribution in [2.45, 2.75) is 25.4 Å². The van der Waals surface area contributed by atoms with E-state index in [1.807, 2.05) is 12.1 Å². The summed E-state index contributed by atoms with van der Waals surface area (Å²) in [5, 5.41) is 0. The zero-order chi connectivity index (χ0) is 7.73. The van der Waals surface area contributed by atoms with Crippen LogP contribution in [0.25, 0.3) is 0 Å². The second kappa shape index (κ2) is 2.38. The van der Waals surface area contributed by atoms with Crippen LogP contribution in [0.2, 0.25) is 0 Å². The Morgan fingerprint density at radius 3 is 2.91 bits per heavy atom. The van der Waals surface area contributed by atoms with E-state index in [2.05, 4.69) is 6.92 Å². The molecule has 1 saturated heterocycles. The Balaban J connectivity index is 2.00. The summed E-state index contributed by atoms with van der Waals surface area (Å²) in [6, 6.07) is 3.91. The van der Waals surface area contributed by atoms with Gasteiger partial charge in [0, 0.05) is 6.42 Å². The standard InChI is InChI=1S/C9H12O2/c1-9(4-6-11-9)7-8-3-2-5-10-8/h2-3,5H,4,6-7H2,1H3. The van der Waals surface area contributed by atoms with Crippen LogP contribution in [0.3, 0.4) is 0 Å². The van der Waals surface area contributed by atoms with Crippen LogP contribution in [-0.2, 0) is 11.2 Å². The van der Waals surface area contributed by atoms with Crippen molar-refractivity contribution in [1.29, 1.82) is 0 Å². The molecule has 0 spiro atoms. The Morgan fingerprint density at radius 1 is 1.64 bits per heavy atom. The summed E-state index contributed by atoms with van der Waals surface area (Å²) >= 11 is 0. The molecule has 0 aliphatic carbocycles. The maximum Gasteiger partial charge on any atom is 0.106 e. The molecular formula is C9H12O2. The summed E-state index contributed by atoms with van der Waals surface area (Å²) in [6.45, 7) is 3.02. The molecule has 1 atom stereocenters. The van der Waals surface area contributed by atoms with Crippen LogP contribution < -0.4 is 0 Å². The lowest BCUT2D eigenvalue weighted by atomic mass is 9.92. The van der Waals surface area contributed by atoms with Gasteiger partial charge in [0.05, 0.1) is 18.5 Å². The third-order valence-electron chi connectivity index (χ3n) is 2.21. The molecule has 0 N–H and O–H groups in total. The van der Waals surface area contributed by atoms with Crippen molar-refractivity contribution >= 4 is 0 Å². The van der Waals surface area contributed by atoms with Crippen molar-refractivity contribution in [1.82, 2.24) is 0 Å². The highest BCUT2D eigenvalue weighted by atomic mass is 16.5. The predicted molar refractivity (Wildman–Crippen MR) is 41.4 cm³/mol. The van der Waals surface area contributed by atoms with Gasteiger partial charge in [-0.05, 0) is 25.5 Å². The summed E-state index contributed by atoms with van der Waals surface area (Å²) in [7, 11) is 0. The zero-order valence-electron chi connectivity index (χ0n) is 6.67. The Bertz CT molecular complexity index is 222. The SMILES string of the molecule is CC1(Cc2ccco2)CCO1. The van der Waals surface area contributed by atoms with Crippen LogP contribution in [0.5, 0.6) is 0 Å². The minimum atomic E-state index is 0.0534. The average molecular weight is 152 g/mol. The van der Waals surface area contributed by atoms with Gasteiger partial charge in [-0.25, -0.2) is 0 Å². The zero-order valence-corrected chi connectivity index (χ0v) is 6.67. The van der Waals surface area contributed by atoms with E-state index in [-0.39, 0.29) is 5.60 Å². The van der Waals surface area contributed by atoms with Crippen LogP contribution in [0, 0.1) is 0 Å². The van der Waals surface area contributed by atoms with E-state index in [1.165, 1.54) is 0 Å². The maximum absolute atomic E-state index is 5.43. The normalized spacial score (nSPS) is 29.9. The van der Waals surface area contributed by atoms with Crippen LogP contribution in [-0.4, -0.2) is 12.2 Å². The lowest BCUT2D eigenvalue weighted by Crippen LogP contribution is -2.42. The minimum Gasteiger partial charge on any atom is -0.469 e. The van der Waals surface area contributed by atoms with Gasteiger partial charge in [-0.15, -0.1) is 0 Å². The van der Waals surface area contributed by atoms with Gasteiger partial charge >= 0.3 is 0 Å². The number of furan rings is 1. The second-order valence-corrected chi connectivity index (χ2v) is 3.30. The monoisotopic (exact) mass is 152 g/mol. The lowest BCUT2D eigenvalue weighted by molar-refractivity contribution is -0.135. The second-order valence-electron chi connectivity index (χ2n) is 3.30. The fourth-order valence-electron chi connectivity index (χ4n) is 1.37. The fourth-order valence-corrected chi connectivity index (χ4v) is 1.37. The van der Waals surface area contributed by atoms with Crippen molar-refractivity contribution in [3.8, 4) is 0 Å². The van der Waals surface area contributed by atoms with E-state index in [0.29, 0.717) is 0 Å². The molecule has 1 unspecified atom stereocenters. The van der Waals surface area contributed by atoms with Crippen LogP contribution in [0.15, 0.2) is 22.8 Å². The molecule has 0 bridgehead atoms. The number of hydrogen-bond acceptors (Lipinski definition) is 2. The molecule has 1 aromatic heterocycles. The highest BCUT2D eigenvalue weighted by Crippen LogP contribution is 2.29. The molecule has 0 saturated carbocycles. The molecular weight excluding hydrogens is 140 g/mol. The predicted octanol–water partition coefficient (Wildman–Crippen LogP) is 2.00. The summed E-state index contributed by atoms with van der Waals surface area (Å²) in [5.74, 6) is 1.02. The number of rotatable bonds is 2. The van der Waals surface area contributed by atoms with E-state index in [9.17, 15) is 0 Å². The van der Waals surface area contributed by atoms with Crippen LogP contribution in [0.4, 0.5) is 0 Å². The van der Waals surface area contributed by atoms with Gasteiger partial charge in [0.15, 0.2) is 0 Å². The average Bonchev–Trinajstić information content (AvgIpc) is 2.36. The van der Waals surface area contributed by atoms with Gasteiger partial charge in [0.1, 0.15) is 5.76 Å². The first-order valence-electron chi connectivity index (χ1n) is 3.95. The molecule has 1 fully saturated rings. The van der Waals surface area contributed by atoms with Crippen LogP contribution in [0.1, 0.15) is 19.1 Å². The van der Waals surface area contributed by atoms with E-state index < -0.39 is 0 Å². The van der Waals surface area contributed by atoms with E-state index in [0.717, 1.165) is 25.2 Å². The van der Waals surface area contributed by atoms with Crippen molar-refractivity contribution in [3.63, 3.8) is 0 Å². The summed E-state index contributed by atoms with van der Waals surface area (Å²) in [4.78, 5) is 0. The van der Waals surface area contributed by atoms with E-state index >= 15 is 0 Å². The number of ether oxygens (including phenoxy) is 1. The molecule has 2 rings (SSSR count). The fraction of sp³-hybridized carbons (Fsp3) is 0.556. The molecule has 1 aliphatic heterocycles. The Morgan fingerprint density at radius 2 is 2.45 bits per heavy atom. The molecule has 2 heterocycles. The van der Waals surface area contributed by atoms with Crippen LogP contribution >= 0.6 is 0 Å². The summed E-state index contributed by atoms with van der Waals surface area (Å²) in [5.41, 5.74) is 0.0534. The maximum atomic E-state index is 5.43. The summed E-state index contributed by atoms with van der Waals surface area (Å²) in [6.07, 6.45) is 3.76. The Labute approximate surface area is 66.2 Å². The molecule has 11 heavy (non-hydrogen) atoms. The first-order valence-corrected chi connectivity index (χ1v) is 3.95. The van der Waals surface area contributed by atoms with Crippen molar-refractivity contribution < 1.29 is 9.15 Å². The molecule has 0 radical (unpaired) electrons. The first kappa shape index (κ1) is 6.92. The van der Waals surface area contributed by atoms with Gasteiger partial charge in [0.25, 0.3) is 0 Å². The smallest absolute Gasteiger partial charge is 0.106 e. The lowest BCUT2D eigenvalue weighted by Gasteiger charge is -2.37. The van der Waals surface area contributed by atoms with Gasteiger partial charge < -0.3 is 9.15 Å². The molecule has 0 aromatic carbocycles. The third kappa shape index (κ3) is 1.31. The highest BCUT2D eigenvalue weighted by Gasteiger charge is 2.33. The topological polar surface area (TPSA) is 22.4 Å². The number of hydrogen-bond donors (Lipinski definition) is 0. The molecule has 60 valence electrons. The molecule has 0 amide bonds. The van der Waals surface area contributed by atoms with Crippen molar-refractivity contribution in [3.05, 3.63) is 24.2 Å². The third-order valence-corrected chi connectivity index (χ3v) is 2.21. The quantitative estimate of drug-likeness (QED) is 0.646. The minimum absolute atomic E-state index is 0.0534. The Hall–Kier alpha value is -0.760. The van der Waals surface area contributed by atoms with Gasteiger partial charge in [-0.2, -0.15) is 0 Å². The van der Waals surface area contributed by atoms with Crippen molar-refractivity contribution in [2.24, 2.45) is 0 Å². The highest BCUT2D eigenvalue weighted by molar-refractivity contribution is 5.03. The molecule has 2 nitrogen and oxygen atoms in total. The molecule has 1 aromatic rings.